The standard InChI is InChI=1S/C9H8ClNO6S/c1-2-17-9(12)6-4-3-5-7(11(13)14)8(6)18(10,15)16/h3-5H,2H2,1H3. The SMILES string of the molecule is CCOC(=O)c1cccc([N+](=O)[O-])c1S(=O)(=O)Cl. The molecule has 98 valence electrons. The summed E-state index contributed by atoms with van der Waals surface area (Å²) in [4.78, 5) is 20.5. The van der Waals surface area contributed by atoms with Gasteiger partial charge < -0.3 is 4.74 Å². The Bertz CT molecular complexity index is 597. The van der Waals surface area contributed by atoms with E-state index in [0.29, 0.717) is 0 Å². The molecule has 0 aliphatic rings. The number of benzene rings is 1. The van der Waals surface area contributed by atoms with E-state index < -0.39 is 36.1 Å². The van der Waals surface area contributed by atoms with E-state index in [-0.39, 0.29) is 6.61 Å². The molecule has 0 heterocycles. The Morgan fingerprint density at radius 2 is 2.11 bits per heavy atom. The molecule has 0 unspecified atom stereocenters. The summed E-state index contributed by atoms with van der Waals surface area (Å²) in [5.41, 5.74) is -1.23. The lowest BCUT2D eigenvalue weighted by Gasteiger charge is -2.06. The molecule has 0 spiro atoms. The third-order valence-corrected chi connectivity index (χ3v) is 3.31. The first-order valence-electron chi connectivity index (χ1n) is 4.68. The number of halogens is 1. The zero-order valence-electron chi connectivity index (χ0n) is 9.12. The molecule has 0 bridgehead atoms. The Labute approximate surface area is 107 Å². The van der Waals surface area contributed by atoms with Crippen LogP contribution in [0.25, 0.3) is 0 Å². The molecule has 0 radical (unpaired) electrons. The first-order valence-corrected chi connectivity index (χ1v) is 6.99. The van der Waals surface area contributed by atoms with Gasteiger partial charge in [-0.1, -0.05) is 6.07 Å². The second-order valence-electron chi connectivity index (χ2n) is 3.07. The molecule has 9 heteroatoms. The topological polar surface area (TPSA) is 104 Å². The van der Waals surface area contributed by atoms with Crippen molar-refractivity contribution >= 4 is 31.4 Å². The van der Waals surface area contributed by atoms with Crippen LogP contribution in [0.3, 0.4) is 0 Å². The van der Waals surface area contributed by atoms with E-state index in [0.717, 1.165) is 12.1 Å². The lowest BCUT2D eigenvalue weighted by molar-refractivity contribution is -0.387. The van der Waals surface area contributed by atoms with Crippen molar-refractivity contribution in [3.05, 3.63) is 33.9 Å². The van der Waals surface area contributed by atoms with Crippen LogP contribution in [0.1, 0.15) is 17.3 Å². The van der Waals surface area contributed by atoms with Gasteiger partial charge in [-0.2, -0.15) is 0 Å². The van der Waals surface area contributed by atoms with Crippen LogP contribution >= 0.6 is 10.7 Å². The van der Waals surface area contributed by atoms with Crippen LogP contribution < -0.4 is 0 Å². The first kappa shape index (κ1) is 14.4. The van der Waals surface area contributed by atoms with Crippen molar-refractivity contribution in [2.24, 2.45) is 0 Å². The number of hydrogen-bond acceptors (Lipinski definition) is 6. The van der Waals surface area contributed by atoms with Gasteiger partial charge in [-0.3, -0.25) is 10.1 Å². The minimum Gasteiger partial charge on any atom is -0.462 e. The molecule has 0 aliphatic heterocycles. The Hall–Kier alpha value is -1.67. The summed E-state index contributed by atoms with van der Waals surface area (Å²) in [5.74, 6) is -0.986. The van der Waals surface area contributed by atoms with Crippen LogP contribution in [-0.4, -0.2) is 25.9 Å². The van der Waals surface area contributed by atoms with Crippen LogP contribution in [0.4, 0.5) is 5.69 Å². The number of nitro benzene ring substituents is 1. The highest BCUT2D eigenvalue weighted by Crippen LogP contribution is 2.30. The van der Waals surface area contributed by atoms with Crippen LogP contribution in [0.15, 0.2) is 23.1 Å². The number of carbonyl (C=O) groups excluding carboxylic acids is 1. The molecule has 1 aromatic carbocycles. The average molecular weight is 294 g/mol. The van der Waals surface area contributed by atoms with Gasteiger partial charge >= 0.3 is 5.97 Å². The van der Waals surface area contributed by atoms with Gasteiger partial charge in [0.05, 0.1) is 17.1 Å². The molecular formula is C9H8ClNO6S. The Morgan fingerprint density at radius 1 is 1.50 bits per heavy atom. The molecular weight excluding hydrogens is 286 g/mol. The summed E-state index contributed by atoms with van der Waals surface area (Å²) in [6.45, 7) is 1.52. The Kier molecular flexibility index (Phi) is 4.25. The van der Waals surface area contributed by atoms with Crippen molar-refractivity contribution in [2.75, 3.05) is 6.61 Å². The predicted molar refractivity (Wildman–Crippen MR) is 62.1 cm³/mol. The maximum Gasteiger partial charge on any atom is 0.339 e. The van der Waals surface area contributed by atoms with E-state index >= 15 is 0 Å². The first-order chi connectivity index (χ1) is 8.29. The molecule has 0 aromatic heterocycles. The van der Waals surface area contributed by atoms with E-state index in [1.165, 1.54) is 13.0 Å². The van der Waals surface area contributed by atoms with Crippen molar-refractivity contribution in [2.45, 2.75) is 11.8 Å². The van der Waals surface area contributed by atoms with Crippen molar-refractivity contribution in [3.63, 3.8) is 0 Å². The van der Waals surface area contributed by atoms with E-state index in [1.54, 1.807) is 0 Å². The predicted octanol–water partition coefficient (Wildman–Crippen LogP) is 1.70. The van der Waals surface area contributed by atoms with E-state index in [1.807, 2.05) is 0 Å². The summed E-state index contributed by atoms with van der Waals surface area (Å²) >= 11 is 0. The fourth-order valence-electron chi connectivity index (χ4n) is 1.29. The third kappa shape index (κ3) is 2.96. The smallest absolute Gasteiger partial charge is 0.339 e. The summed E-state index contributed by atoms with van der Waals surface area (Å²) in [6, 6.07) is 3.22. The second kappa shape index (κ2) is 5.32. The molecule has 0 fully saturated rings. The second-order valence-corrected chi connectivity index (χ2v) is 5.57. The zero-order valence-corrected chi connectivity index (χ0v) is 10.7. The molecule has 1 aromatic rings. The van der Waals surface area contributed by atoms with Gasteiger partial charge in [0, 0.05) is 16.7 Å². The van der Waals surface area contributed by atoms with E-state index in [2.05, 4.69) is 4.74 Å². The highest BCUT2D eigenvalue weighted by atomic mass is 35.7. The molecule has 7 nitrogen and oxygen atoms in total. The number of nitrogens with zero attached hydrogens (tertiary/aromatic N) is 1. The number of ether oxygens (including phenoxy) is 1. The maximum absolute atomic E-state index is 11.5. The molecule has 18 heavy (non-hydrogen) atoms. The van der Waals surface area contributed by atoms with Crippen molar-refractivity contribution < 1.29 is 22.9 Å². The monoisotopic (exact) mass is 293 g/mol. The normalized spacial score (nSPS) is 11.0. The molecule has 0 atom stereocenters. The Balaban J connectivity index is 3.58. The van der Waals surface area contributed by atoms with Crippen molar-refractivity contribution in [1.29, 1.82) is 0 Å². The van der Waals surface area contributed by atoms with Crippen LogP contribution in [0.5, 0.6) is 0 Å². The lowest BCUT2D eigenvalue weighted by Crippen LogP contribution is -2.11. The lowest BCUT2D eigenvalue weighted by atomic mass is 10.2. The molecule has 1 rings (SSSR count). The van der Waals surface area contributed by atoms with Crippen LogP contribution in [0.2, 0.25) is 0 Å². The molecule has 0 N–H and O–H groups in total. The van der Waals surface area contributed by atoms with Gasteiger partial charge in [0.15, 0.2) is 4.90 Å². The van der Waals surface area contributed by atoms with Gasteiger partial charge in [0.2, 0.25) is 0 Å². The van der Waals surface area contributed by atoms with Crippen LogP contribution in [-0.2, 0) is 13.8 Å². The van der Waals surface area contributed by atoms with Gasteiger partial charge in [-0.25, -0.2) is 13.2 Å². The van der Waals surface area contributed by atoms with Gasteiger partial charge in [0.1, 0.15) is 0 Å². The van der Waals surface area contributed by atoms with E-state index in [9.17, 15) is 23.3 Å². The number of rotatable bonds is 4. The fraction of sp³-hybridized carbons (Fsp3) is 0.222. The highest BCUT2D eigenvalue weighted by Gasteiger charge is 2.31. The van der Waals surface area contributed by atoms with E-state index in [4.69, 9.17) is 10.7 Å². The Morgan fingerprint density at radius 3 is 2.56 bits per heavy atom. The molecule has 0 amide bonds. The summed E-state index contributed by atoms with van der Waals surface area (Å²) in [7, 11) is 0.674. The highest BCUT2D eigenvalue weighted by molar-refractivity contribution is 8.14. The number of hydrogen-bond donors (Lipinski definition) is 0. The molecule has 0 saturated heterocycles. The van der Waals surface area contributed by atoms with Crippen molar-refractivity contribution in [1.82, 2.24) is 0 Å². The average Bonchev–Trinajstić information content (AvgIpc) is 2.27. The largest absolute Gasteiger partial charge is 0.462 e. The van der Waals surface area contributed by atoms with Crippen LogP contribution in [0, 0.1) is 10.1 Å². The summed E-state index contributed by atoms with van der Waals surface area (Å²) < 4.78 is 27.3. The quantitative estimate of drug-likeness (QED) is 0.362. The van der Waals surface area contributed by atoms with Gasteiger partial charge in [-0.15, -0.1) is 0 Å². The zero-order chi connectivity index (χ0) is 13.9. The maximum atomic E-state index is 11.5. The number of esters is 1. The number of carbonyl (C=O) groups is 1. The fourth-order valence-corrected chi connectivity index (χ4v) is 2.59. The summed E-state index contributed by atoms with van der Waals surface area (Å²) in [5, 5.41) is 10.7. The van der Waals surface area contributed by atoms with Crippen molar-refractivity contribution in [3.8, 4) is 0 Å². The minimum absolute atomic E-state index is 0.00327. The van der Waals surface area contributed by atoms with Gasteiger partial charge in [0.25, 0.3) is 14.7 Å². The van der Waals surface area contributed by atoms with Gasteiger partial charge in [-0.05, 0) is 13.0 Å². The number of nitro groups is 1. The minimum atomic E-state index is -4.44. The molecule has 0 saturated carbocycles. The molecule has 0 aliphatic carbocycles. The third-order valence-electron chi connectivity index (χ3n) is 1.93. The summed E-state index contributed by atoms with van der Waals surface area (Å²) in [6.07, 6.45) is 0.